The van der Waals surface area contributed by atoms with Gasteiger partial charge in [-0.25, -0.2) is 8.42 Å². The number of rotatable bonds is 8. The van der Waals surface area contributed by atoms with Gasteiger partial charge in [0, 0.05) is 19.6 Å². The Kier molecular flexibility index (Phi) is 9.37. The van der Waals surface area contributed by atoms with Crippen LogP contribution in [0.15, 0.2) is 0 Å². The Balaban J connectivity index is 0.00000361. The summed E-state index contributed by atoms with van der Waals surface area (Å²) in [5, 5.41) is 5.71. The molecule has 1 fully saturated rings. The largest absolute Gasteiger partial charge is 0.353 e. The molecule has 0 aromatic carbocycles. The van der Waals surface area contributed by atoms with Crippen LogP contribution in [-0.2, 0) is 14.8 Å². The number of nitrogens with one attached hydrogen (secondary N) is 2. The molecule has 0 bridgehead atoms. The lowest BCUT2D eigenvalue weighted by Gasteiger charge is -2.23. The van der Waals surface area contributed by atoms with Crippen molar-refractivity contribution < 1.29 is 13.2 Å². The number of likely N-dealkylation sites (N-methyl/N-ethyl adjacent to an activating group) is 1. The van der Waals surface area contributed by atoms with Gasteiger partial charge in [0.05, 0.1) is 5.75 Å². The molecule has 1 rings (SSSR count). The van der Waals surface area contributed by atoms with Crippen molar-refractivity contribution in [1.29, 1.82) is 0 Å². The van der Waals surface area contributed by atoms with E-state index in [9.17, 15) is 13.2 Å². The van der Waals surface area contributed by atoms with E-state index in [1.165, 1.54) is 4.31 Å². The lowest BCUT2D eigenvalue weighted by Crippen LogP contribution is -2.47. The smallest absolute Gasteiger partial charge is 0.238 e. The lowest BCUT2D eigenvalue weighted by atomic mass is 10.2. The van der Waals surface area contributed by atoms with E-state index in [4.69, 9.17) is 0 Å². The molecule has 0 aromatic heterocycles. The summed E-state index contributed by atoms with van der Waals surface area (Å²) >= 11 is 0. The molecule has 1 heterocycles. The summed E-state index contributed by atoms with van der Waals surface area (Å²) < 4.78 is 25.7. The molecule has 8 heteroatoms. The van der Waals surface area contributed by atoms with Crippen molar-refractivity contribution in [2.75, 3.05) is 32.4 Å². The van der Waals surface area contributed by atoms with Gasteiger partial charge in [-0.1, -0.05) is 13.3 Å². The van der Waals surface area contributed by atoms with Crippen LogP contribution in [-0.4, -0.2) is 57.1 Å². The van der Waals surface area contributed by atoms with E-state index in [0.29, 0.717) is 32.5 Å². The van der Waals surface area contributed by atoms with Gasteiger partial charge in [-0.05, 0) is 26.3 Å². The standard InChI is InChI=1S/C12H25N3O3S.ClH/c1-3-4-10-19(17,18)15-9-5-6-11(15)12(16)14-8-7-13-2;/h11,13H,3-10H2,1-2H3,(H,14,16);1H. The number of hydrogen-bond acceptors (Lipinski definition) is 4. The molecule has 2 N–H and O–H groups in total. The van der Waals surface area contributed by atoms with Crippen LogP contribution in [0.5, 0.6) is 0 Å². The number of carbonyl (C=O) groups is 1. The molecule has 1 aliphatic heterocycles. The summed E-state index contributed by atoms with van der Waals surface area (Å²) in [6.07, 6.45) is 2.87. The Morgan fingerprint density at radius 1 is 1.35 bits per heavy atom. The van der Waals surface area contributed by atoms with Crippen molar-refractivity contribution in [3.8, 4) is 0 Å². The molecule has 1 aliphatic rings. The van der Waals surface area contributed by atoms with Gasteiger partial charge >= 0.3 is 0 Å². The normalized spacial score (nSPS) is 19.6. The highest BCUT2D eigenvalue weighted by Crippen LogP contribution is 2.22. The predicted octanol–water partition coefficient (Wildman–Crippen LogP) is 0.338. The molecule has 0 aliphatic carbocycles. The summed E-state index contributed by atoms with van der Waals surface area (Å²) in [6.45, 7) is 3.63. The molecule has 120 valence electrons. The number of carbonyl (C=O) groups excluding carboxylic acids is 1. The Morgan fingerprint density at radius 2 is 2.05 bits per heavy atom. The molecule has 0 radical (unpaired) electrons. The Morgan fingerprint density at radius 3 is 2.65 bits per heavy atom. The summed E-state index contributed by atoms with van der Waals surface area (Å²) in [6, 6.07) is -0.515. The van der Waals surface area contributed by atoms with E-state index in [2.05, 4.69) is 10.6 Å². The third-order valence-electron chi connectivity index (χ3n) is 3.29. The van der Waals surface area contributed by atoms with Crippen LogP contribution in [0.2, 0.25) is 0 Å². The average molecular weight is 328 g/mol. The van der Waals surface area contributed by atoms with Gasteiger partial charge in [-0.3, -0.25) is 4.79 Å². The first kappa shape index (κ1) is 19.6. The molecule has 0 aromatic rings. The first-order valence-corrected chi connectivity index (χ1v) is 8.55. The van der Waals surface area contributed by atoms with Crippen molar-refractivity contribution in [2.45, 2.75) is 38.6 Å². The van der Waals surface area contributed by atoms with Crippen molar-refractivity contribution in [1.82, 2.24) is 14.9 Å². The number of nitrogens with zero attached hydrogens (tertiary/aromatic N) is 1. The first-order valence-electron chi connectivity index (χ1n) is 6.94. The minimum absolute atomic E-state index is 0. The lowest BCUT2D eigenvalue weighted by molar-refractivity contribution is -0.124. The third-order valence-corrected chi connectivity index (χ3v) is 5.25. The number of amides is 1. The quantitative estimate of drug-likeness (QED) is 0.630. The van der Waals surface area contributed by atoms with Crippen molar-refractivity contribution in [3.63, 3.8) is 0 Å². The van der Waals surface area contributed by atoms with E-state index >= 15 is 0 Å². The fourth-order valence-corrected chi connectivity index (χ4v) is 4.09. The Bertz CT molecular complexity index is 389. The fraction of sp³-hybridized carbons (Fsp3) is 0.917. The van der Waals surface area contributed by atoms with Gasteiger partial charge in [0.2, 0.25) is 15.9 Å². The fourth-order valence-electron chi connectivity index (χ4n) is 2.21. The van der Waals surface area contributed by atoms with E-state index in [1.54, 1.807) is 0 Å². The van der Waals surface area contributed by atoms with Crippen LogP contribution in [0.1, 0.15) is 32.6 Å². The van der Waals surface area contributed by atoms with Crippen LogP contribution in [0.25, 0.3) is 0 Å². The summed E-state index contributed by atoms with van der Waals surface area (Å²) in [5.74, 6) is -0.0307. The highest BCUT2D eigenvalue weighted by molar-refractivity contribution is 7.89. The predicted molar refractivity (Wildman–Crippen MR) is 82.6 cm³/mol. The van der Waals surface area contributed by atoms with Gasteiger partial charge in [-0.2, -0.15) is 4.31 Å². The van der Waals surface area contributed by atoms with Crippen molar-refractivity contribution in [3.05, 3.63) is 0 Å². The molecule has 1 amide bonds. The van der Waals surface area contributed by atoms with E-state index in [0.717, 1.165) is 12.8 Å². The van der Waals surface area contributed by atoms with Crippen molar-refractivity contribution in [2.24, 2.45) is 0 Å². The molecule has 1 atom stereocenters. The molecule has 1 unspecified atom stereocenters. The molecular weight excluding hydrogens is 302 g/mol. The van der Waals surface area contributed by atoms with Crippen LogP contribution < -0.4 is 10.6 Å². The average Bonchev–Trinajstić information content (AvgIpc) is 2.86. The van der Waals surface area contributed by atoms with E-state index in [-0.39, 0.29) is 24.1 Å². The van der Waals surface area contributed by atoms with Gasteiger partial charge in [-0.15, -0.1) is 12.4 Å². The summed E-state index contributed by atoms with van der Waals surface area (Å²) in [7, 11) is -1.48. The molecule has 6 nitrogen and oxygen atoms in total. The maximum Gasteiger partial charge on any atom is 0.238 e. The maximum atomic E-state index is 12.2. The number of hydrogen-bond donors (Lipinski definition) is 2. The second-order valence-corrected chi connectivity index (χ2v) is 6.87. The topological polar surface area (TPSA) is 78.5 Å². The second kappa shape index (κ2) is 9.55. The van der Waals surface area contributed by atoms with E-state index in [1.807, 2.05) is 14.0 Å². The van der Waals surface area contributed by atoms with Crippen LogP contribution in [0, 0.1) is 0 Å². The minimum Gasteiger partial charge on any atom is -0.353 e. The van der Waals surface area contributed by atoms with E-state index < -0.39 is 16.1 Å². The van der Waals surface area contributed by atoms with Gasteiger partial charge < -0.3 is 10.6 Å². The highest BCUT2D eigenvalue weighted by atomic mass is 35.5. The zero-order valence-electron chi connectivity index (χ0n) is 12.2. The molecular formula is C12H26ClN3O3S. The van der Waals surface area contributed by atoms with Crippen LogP contribution >= 0.6 is 12.4 Å². The van der Waals surface area contributed by atoms with Gasteiger partial charge in [0.1, 0.15) is 6.04 Å². The minimum atomic E-state index is -3.29. The first-order chi connectivity index (χ1) is 9.03. The Labute approximate surface area is 128 Å². The number of halogens is 1. The Hall–Kier alpha value is -0.370. The second-order valence-electron chi connectivity index (χ2n) is 4.83. The third kappa shape index (κ3) is 5.55. The highest BCUT2D eigenvalue weighted by Gasteiger charge is 2.37. The molecule has 1 saturated heterocycles. The SMILES string of the molecule is CCCCS(=O)(=O)N1CCCC1C(=O)NCCNC.Cl. The molecule has 20 heavy (non-hydrogen) atoms. The van der Waals surface area contributed by atoms with Crippen LogP contribution in [0.4, 0.5) is 0 Å². The monoisotopic (exact) mass is 327 g/mol. The van der Waals surface area contributed by atoms with Gasteiger partial charge in [0.15, 0.2) is 0 Å². The number of sulfonamides is 1. The summed E-state index contributed by atoms with van der Waals surface area (Å²) in [4.78, 5) is 12.0. The molecule has 0 spiro atoms. The van der Waals surface area contributed by atoms with Gasteiger partial charge in [0.25, 0.3) is 0 Å². The number of unbranched alkanes of at least 4 members (excludes halogenated alkanes) is 1. The van der Waals surface area contributed by atoms with Crippen LogP contribution in [0.3, 0.4) is 0 Å². The molecule has 0 saturated carbocycles. The zero-order valence-corrected chi connectivity index (χ0v) is 13.9. The van der Waals surface area contributed by atoms with Crippen molar-refractivity contribution >= 4 is 28.3 Å². The summed E-state index contributed by atoms with van der Waals surface area (Å²) in [5.41, 5.74) is 0. The maximum absolute atomic E-state index is 12.2. The zero-order chi connectivity index (χ0) is 14.3.